The fourth-order valence-electron chi connectivity index (χ4n) is 9.21. The van der Waals surface area contributed by atoms with Crippen LogP contribution in [-0.4, -0.2) is 119 Å². The molecule has 8 rings (SSSR count). The lowest BCUT2D eigenvalue weighted by Gasteiger charge is -2.33. The molecular formula is C45H54N8O9. The van der Waals surface area contributed by atoms with Gasteiger partial charge < -0.3 is 54.1 Å². The topological polar surface area (TPSA) is 202 Å². The number of methoxy groups -OCH3 is 4. The number of alkyl carbamates (subject to hydrolysis) is 2. The average molecular weight is 851 g/mol. The molecule has 3 aliphatic rings. The number of rotatable bonds is 11. The van der Waals surface area contributed by atoms with Gasteiger partial charge in [0.2, 0.25) is 11.8 Å². The molecule has 62 heavy (non-hydrogen) atoms. The van der Waals surface area contributed by atoms with Crippen molar-refractivity contribution >= 4 is 45.8 Å². The zero-order chi connectivity index (χ0) is 44.0. The third-order valence-corrected chi connectivity index (χ3v) is 12.8. The van der Waals surface area contributed by atoms with Crippen molar-refractivity contribution in [2.45, 2.75) is 96.0 Å². The zero-order valence-corrected chi connectivity index (χ0v) is 36.2. The zero-order valence-electron chi connectivity index (χ0n) is 36.2. The second kappa shape index (κ2) is 17.3. The van der Waals surface area contributed by atoms with Gasteiger partial charge in [0.25, 0.3) is 0 Å². The minimum absolute atomic E-state index is 0.0748. The van der Waals surface area contributed by atoms with Crippen molar-refractivity contribution in [3.8, 4) is 28.1 Å². The van der Waals surface area contributed by atoms with E-state index in [1.807, 2.05) is 13.0 Å². The normalized spacial score (nSPS) is 21.4. The van der Waals surface area contributed by atoms with Gasteiger partial charge in [0.15, 0.2) is 0 Å². The second-order valence-electron chi connectivity index (χ2n) is 16.6. The number of H-pyrrole nitrogens is 2. The molecule has 8 atom stereocenters. The van der Waals surface area contributed by atoms with Gasteiger partial charge in [0, 0.05) is 37.8 Å². The first-order chi connectivity index (χ1) is 29.8. The summed E-state index contributed by atoms with van der Waals surface area (Å²) in [6.07, 6.45) is 1.41. The average Bonchev–Trinajstić information content (AvgIpc) is 4.11. The van der Waals surface area contributed by atoms with Crippen LogP contribution >= 0.6 is 0 Å². The molecule has 0 bridgehead atoms. The van der Waals surface area contributed by atoms with Crippen LogP contribution in [0.1, 0.15) is 76.3 Å². The molecule has 3 aromatic carbocycles. The van der Waals surface area contributed by atoms with Crippen LogP contribution in [0.2, 0.25) is 0 Å². The first kappa shape index (κ1) is 42.5. The Morgan fingerprint density at radius 3 is 2.23 bits per heavy atom. The van der Waals surface area contributed by atoms with Gasteiger partial charge in [-0.05, 0) is 92.3 Å². The monoisotopic (exact) mass is 850 g/mol. The third kappa shape index (κ3) is 7.79. The fourth-order valence-corrected chi connectivity index (χ4v) is 9.21. The van der Waals surface area contributed by atoms with E-state index in [-0.39, 0.29) is 35.9 Å². The van der Waals surface area contributed by atoms with Crippen LogP contribution < -0.4 is 15.4 Å². The van der Waals surface area contributed by atoms with Crippen molar-refractivity contribution < 1.29 is 42.9 Å². The standard InChI is InChI=1S/C45H54N8O9/c1-22-15-35(52(20-22)42(54)37(24(3)58-5)50-44(56)60-7)41-47-32-13-11-26-17-31-29-12-10-27(16-28(29)21-62-36(31)18-30(26)39(32)49-41)33-19-46-40(48-33)34-14-9-23(2)53(34)43(55)38(25(4)59-6)51-45(57)61-8/h10-13,16-19,22-25,34-35,37-38H,9,14-15,20-21H2,1-8H3,(H,46,48)(H,47,49)(H,50,56)(H,51,57)/t22-,23-,24+,25+,34-,35-,37-,38-/m0/s1. The van der Waals surface area contributed by atoms with E-state index in [4.69, 9.17) is 33.7 Å². The number of hydrogen-bond acceptors (Lipinski definition) is 11. The largest absolute Gasteiger partial charge is 0.488 e. The van der Waals surface area contributed by atoms with Crippen molar-refractivity contribution in [3.05, 3.63) is 65.9 Å². The molecule has 2 saturated heterocycles. The number of benzene rings is 3. The van der Waals surface area contributed by atoms with Crippen LogP contribution in [0.25, 0.3) is 44.2 Å². The highest BCUT2D eigenvalue weighted by molar-refractivity contribution is 6.07. The summed E-state index contributed by atoms with van der Waals surface area (Å²) in [5.41, 5.74) is 6.43. The minimum atomic E-state index is -0.933. The number of nitrogens with one attached hydrogen (secondary N) is 4. The molecule has 2 fully saturated rings. The Morgan fingerprint density at radius 1 is 0.823 bits per heavy atom. The maximum atomic E-state index is 14.0. The van der Waals surface area contributed by atoms with Crippen LogP contribution in [0.5, 0.6) is 5.75 Å². The molecule has 3 aliphatic heterocycles. The summed E-state index contributed by atoms with van der Waals surface area (Å²) >= 11 is 0. The molecule has 0 spiro atoms. The molecule has 17 heteroatoms. The summed E-state index contributed by atoms with van der Waals surface area (Å²) in [6, 6.07) is 11.9. The number of carbonyl (C=O) groups excluding carboxylic acids is 4. The van der Waals surface area contributed by atoms with Crippen molar-refractivity contribution in [1.29, 1.82) is 0 Å². The fraction of sp³-hybridized carbons (Fsp3) is 0.467. The molecule has 5 heterocycles. The highest BCUT2D eigenvalue weighted by Crippen LogP contribution is 2.44. The number of carbonyl (C=O) groups is 4. The number of nitrogens with zero attached hydrogens (tertiary/aromatic N) is 4. The number of aromatic amines is 2. The first-order valence-corrected chi connectivity index (χ1v) is 21.0. The van der Waals surface area contributed by atoms with E-state index in [1.165, 1.54) is 28.4 Å². The maximum Gasteiger partial charge on any atom is 0.407 e. The van der Waals surface area contributed by atoms with Crippen LogP contribution in [0.15, 0.2) is 48.7 Å². The predicted octanol–water partition coefficient (Wildman–Crippen LogP) is 6.15. The minimum Gasteiger partial charge on any atom is -0.488 e. The molecular weight excluding hydrogens is 797 g/mol. The van der Waals surface area contributed by atoms with E-state index in [2.05, 4.69) is 63.9 Å². The van der Waals surface area contributed by atoms with E-state index in [0.29, 0.717) is 37.6 Å². The molecule has 0 unspecified atom stereocenters. The second-order valence-corrected chi connectivity index (χ2v) is 16.6. The van der Waals surface area contributed by atoms with E-state index < -0.39 is 36.5 Å². The van der Waals surface area contributed by atoms with Gasteiger partial charge in [-0.2, -0.15) is 0 Å². The Kier molecular flexibility index (Phi) is 11.8. The van der Waals surface area contributed by atoms with Gasteiger partial charge in [0.05, 0.1) is 61.4 Å². The Morgan fingerprint density at radius 2 is 1.53 bits per heavy atom. The molecule has 4 N–H and O–H groups in total. The predicted molar refractivity (Wildman–Crippen MR) is 229 cm³/mol. The number of ether oxygens (including phenoxy) is 5. The smallest absolute Gasteiger partial charge is 0.407 e. The van der Waals surface area contributed by atoms with Gasteiger partial charge >= 0.3 is 12.2 Å². The van der Waals surface area contributed by atoms with Gasteiger partial charge in [-0.25, -0.2) is 19.6 Å². The quantitative estimate of drug-likeness (QED) is 0.119. The molecule has 2 aromatic heterocycles. The van der Waals surface area contributed by atoms with Crippen LogP contribution in [0.3, 0.4) is 0 Å². The van der Waals surface area contributed by atoms with Crippen LogP contribution in [0.4, 0.5) is 9.59 Å². The summed E-state index contributed by atoms with van der Waals surface area (Å²) < 4.78 is 27.0. The van der Waals surface area contributed by atoms with Crippen molar-refractivity contribution in [3.63, 3.8) is 0 Å². The molecule has 0 aliphatic carbocycles. The van der Waals surface area contributed by atoms with Gasteiger partial charge in [-0.3, -0.25) is 9.59 Å². The van der Waals surface area contributed by atoms with Crippen molar-refractivity contribution in [2.75, 3.05) is 35.0 Å². The lowest BCUT2D eigenvalue weighted by molar-refractivity contribution is -0.139. The Hall–Kier alpha value is -6.20. The van der Waals surface area contributed by atoms with Crippen LogP contribution in [-0.2, 0) is 35.1 Å². The van der Waals surface area contributed by atoms with Crippen molar-refractivity contribution in [2.24, 2.45) is 5.92 Å². The van der Waals surface area contributed by atoms with Crippen molar-refractivity contribution in [1.82, 2.24) is 40.4 Å². The van der Waals surface area contributed by atoms with Gasteiger partial charge in [0.1, 0.15) is 36.1 Å². The number of imidazole rings is 2. The van der Waals surface area contributed by atoms with E-state index in [9.17, 15) is 19.2 Å². The van der Waals surface area contributed by atoms with Crippen LogP contribution in [0, 0.1) is 5.92 Å². The number of fused-ring (bicyclic) bond motifs is 6. The van der Waals surface area contributed by atoms with E-state index in [1.54, 1.807) is 29.8 Å². The molecule has 0 radical (unpaired) electrons. The van der Waals surface area contributed by atoms with Gasteiger partial charge in [-0.15, -0.1) is 0 Å². The maximum absolute atomic E-state index is 14.0. The molecule has 4 amide bonds. The first-order valence-electron chi connectivity index (χ1n) is 21.0. The highest BCUT2D eigenvalue weighted by Gasteiger charge is 2.43. The number of aromatic nitrogens is 4. The molecule has 0 saturated carbocycles. The van der Waals surface area contributed by atoms with E-state index >= 15 is 0 Å². The SMILES string of the molecule is COC(=O)N[C@H](C(=O)N1C[C@@H](C)C[C@H]1c1nc2ccc3cc4c(cc3c2[nH]1)OCc1cc(-c2cnc([C@@H]3CC[C@H](C)N3C(=O)[C@@H](NC(=O)OC)[C@@H](C)OC)[nH]2)ccc1-4)[C@@H](C)OC. The molecule has 17 nitrogen and oxygen atoms in total. The van der Waals surface area contributed by atoms with Gasteiger partial charge in [-0.1, -0.05) is 25.1 Å². The Labute approximate surface area is 359 Å². The summed E-state index contributed by atoms with van der Waals surface area (Å²) in [6.45, 7) is 8.44. The highest BCUT2D eigenvalue weighted by atomic mass is 16.5. The number of likely N-dealkylation sites (tertiary alicyclic amines) is 2. The molecule has 5 aromatic rings. The number of hydrogen-bond donors (Lipinski definition) is 4. The Balaban J connectivity index is 1.04. The summed E-state index contributed by atoms with van der Waals surface area (Å²) in [7, 11) is 5.52. The lowest BCUT2D eigenvalue weighted by Crippen LogP contribution is -2.55. The summed E-state index contributed by atoms with van der Waals surface area (Å²) in [5.74, 6) is 1.78. The van der Waals surface area contributed by atoms with E-state index in [0.717, 1.165) is 61.9 Å². The molecule has 328 valence electrons. The third-order valence-electron chi connectivity index (χ3n) is 12.8. The summed E-state index contributed by atoms with van der Waals surface area (Å²) in [4.78, 5) is 72.6. The Bertz CT molecular complexity index is 2520. The number of amides is 4. The summed E-state index contributed by atoms with van der Waals surface area (Å²) in [5, 5.41) is 7.26. The lowest BCUT2D eigenvalue weighted by atomic mass is 9.92.